The Kier molecular flexibility index (Phi) is 6.75. The first-order valence-corrected chi connectivity index (χ1v) is 11.1. The summed E-state index contributed by atoms with van der Waals surface area (Å²) in [4.78, 5) is 38.9. The summed E-state index contributed by atoms with van der Waals surface area (Å²) in [5.41, 5.74) is 2.35. The van der Waals surface area contributed by atoms with Crippen LogP contribution in [0.15, 0.2) is 53.4 Å². The number of aromatic nitrogens is 1. The van der Waals surface area contributed by atoms with Gasteiger partial charge in [-0.15, -0.1) is 0 Å². The van der Waals surface area contributed by atoms with E-state index in [0.29, 0.717) is 16.9 Å². The monoisotopic (exact) mass is 457 g/mol. The van der Waals surface area contributed by atoms with Crippen LogP contribution in [0, 0.1) is 6.92 Å². The van der Waals surface area contributed by atoms with E-state index in [9.17, 15) is 22.8 Å². The van der Waals surface area contributed by atoms with E-state index in [2.05, 4.69) is 10.3 Å². The fraction of sp³-hybridized carbons (Fsp3) is 0.227. The van der Waals surface area contributed by atoms with E-state index in [0.717, 1.165) is 15.2 Å². The molecule has 1 heterocycles. The Bertz CT molecular complexity index is 1280. The average Bonchev–Trinajstić information content (AvgIpc) is 3.07. The maximum absolute atomic E-state index is 12.7. The molecular weight excluding hydrogens is 434 g/mol. The number of carbonyl (C=O) groups excluding carboxylic acids is 3. The van der Waals surface area contributed by atoms with E-state index in [1.165, 1.54) is 38.2 Å². The van der Waals surface area contributed by atoms with E-state index < -0.39 is 29.1 Å². The van der Waals surface area contributed by atoms with Crippen LogP contribution in [0.1, 0.15) is 23.0 Å². The number of ether oxygens (including phenoxy) is 1. The van der Waals surface area contributed by atoms with Crippen LogP contribution in [0.5, 0.6) is 0 Å². The van der Waals surface area contributed by atoms with Crippen molar-refractivity contribution < 1.29 is 27.5 Å². The molecule has 0 atom stereocenters. The number of aromatic amines is 1. The van der Waals surface area contributed by atoms with Crippen molar-refractivity contribution in [2.75, 3.05) is 25.5 Å². The number of hydrogen-bond acceptors (Lipinski definition) is 6. The smallest absolute Gasteiger partial charge is 0.321 e. The first-order valence-electron chi connectivity index (χ1n) is 9.69. The summed E-state index contributed by atoms with van der Waals surface area (Å²) in [7, 11) is -2.73. The van der Waals surface area contributed by atoms with Crippen molar-refractivity contribution in [3.63, 3.8) is 0 Å². The van der Waals surface area contributed by atoms with Gasteiger partial charge >= 0.3 is 5.97 Å². The number of Topliss-reactive ketones (excluding diaryl/α,β-unsaturated/α-hetero) is 1. The third kappa shape index (κ3) is 5.04. The summed E-state index contributed by atoms with van der Waals surface area (Å²) in [6.45, 7) is 2.04. The number of rotatable bonds is 8. The Morgan fingerprint density at radius 3 is 2.38 bits per heavy atom. The Morgan fingerprint density at radius 1 is 1.06 bits per heavy atom. The van der Waals surface area contributed by atoms with E-state index in [-0.39, 0.29) is 16.6 Å². The number of fused-ring (bicyclic) bond motifs is 1. The predicted octanol–water partition coefficient (Wildman–Crippen LogP) is 2.48. The van der Waals surface area contributed by atoms with Crippen molar-refractivity contribution in [3.05, 3.63) is 59.8 Å². The Labute approximate surface area is 185 Å². The maximum atomic E-state index is 12.7. The van der Waals surface area contributed by atoms with Gasteiger partial charge in [-0.2, -0.15) is 4.31 Å². The normalized spacial score (nSPS) is 11.5. The van der Waals surface area contributed by atoms with Crippen molar-refractivity contribution >= 4 is 44.3 Å². The number of hydrogen-bond donors (Lipinski definition) is 2. The number of benzene rings is 2. The Morgan fingerprint density at radius 2 is 1.72 bits per heavy atom. The lowest BCUT2D eigenvalue weighted by atomic mass is 10.1. The van der Waals surface area contributed by atoms with Crippen LogP contribution in [0.4, 0.5) is 5.69 Å². The molecule has 9 nitrogen and oxygen atoms in total. The minimum Gasteiger partial charge on any atom is -0.456 e. The standard InChI is InChI=1S/C22H23N3O6S/c1-14-22(18-6-4-5-7-19(18)23-14)20(27)13-31-21(28)12-25(3)32(29,30)17-10-8-16(9-11-17)24-15(2)26/h4-11,23H,12-13H2,1-3H3,(H,24,26). The molecule has 0 saturated carbocycles. The molecule has 0 radical (unpaired) electrons. The molecule has 10 heteroatoms. The highest BCUT2D eigenvalue weighted by Crippen LogP contribution is 2.22. The lowest BCUT2D eigenvalue weighted by Gasteiger charge is -2.16. The molecule has 0 unspecified atom stereocenters. The highest BCUT2D eigenvalue weighted by Gasteiger charge is 2.24. The van der Waals surface area contributed by atoms with Crippen molar-refractivity contribution in [1.29, 1.82) is 0 Å². The molecule has 1 aromatic heterocycles. The van der Waals surface area contributed by atoms with Gasteiger partial charge in [-0.25, -0.2) is 8.42 Å². The second-order valence-corrected chi connectivity index (χ2v) is 9.27. The largest absolute Gasteiger partial charge is 0.456 e. The van der Waals surface area contributed by atoms with Gasteiger partial charge in [0.05, 0.1) is 4.90 Å². The Balaban J connectivity index is 1.62. The highest BCUT2D eigenvalue weighted by atomic mass is 32.2. The van der Waals surface area contributed by atoms with Crippen molar-refractivity contribution in [1.82, 2.24) is 9.29 Å². The predicted molar refractivity (Wildman–Crippen MR) is 119 cm³/mol. The number of nitrogens with one attached hydrogen (secondary N) is 2. The molecule has 0 aliphatic carbocycles. The van der Waals surface area contributed by atoms with Crippen LogP contribution in [-0.2, 0) is 24.3 Å². The minimum atomic E-state index is -3.97. The molecule has 3 rings (SSSR count). The number of amides is 1. The summed E-state index contributed by atoms with van der Waals surface area (Å²) in [6.07, 6.45) is 0. The van der Waals surface area contributed by atoms with Crippen LogP contribution in [0.2, 0.25) is 0 Å². The summed E-state index contributed by atoms with van der Waals surface area (Å²) in [5, 5.41) is 3.27. The molecule has 0 aliphatic heterocycles. The SMILES string of the molecule is CC(=O)Nc1ccc(S(=O)(=O)N(C)CC(=O)OCC(=O)c2c(C)[nH]c3ccccc23)cc1. The molecular formula is C22H23N3O6S. The number of nitrogens with zero attached hydrogens (tertiary/aromatic N) is 1. The molecule has 0 fully saturated rings. The van der Waals surface area contributed by atoms with E-state index in [1.54, 1.807) is 19.1 Å². The second-order valence-electron chi connectivity index (χ2n) is 7.22. The number of para-hydroxylation sites is 1. The average molecular weight is 458 g/mol. The number of esters is 1. The number of carbonyl (C=O) groups is 3. The van der Waals surface area contributed by atoms with Crippen LogP contribution in [-0.4, -0.2) is 55.6 Å². The second kappa shape index (κ2) is 9.33. The van der Waals surface area contributed by atoms with Gasteiger partial charge in [-0.1, -0.05) is 18.2 Å². The molecule has 32 heavy (non-hydrogen) atoms. The van der Waals surface area contributed by atoms with Gasteiger partial charge in [0, 0.05) is 41.8 Å². The summed E-state index contributed by atoms with van der Waals surface area (Å²) < 4.78 is 31.2. The molecule has 0 spiro atoms. The number of likely N-dealkylation sites (N-methyl/N-ethyl adjacent to an activating group) is 1. The van der Waals surface area contributed by atoms with Gasteiger partial charge in [-0.05, 0) is 37.3 Å². The van der Waals surface area contributed by atoms with Crippen LogP contribution >= 0.6 is 0 Å². The fourth-order valence-electron chi connectivity index (χ4n) is 3.26. The molecule has 0 aliphatic rings. The van der Waals surface area contributed by atoms with Crippen molar-refractivity contribution in [3.8, 4) is 0 Å². The van der Waals surface area contributed by atoms with E-state index in [4.69, 9.17) is 4.74 Å². The van der Waals surface area contributed by atoms with Crippen LogP contribution in [0.3, 0.4) is 0 Å². The van der Waals surface area contributed by atoms with Gasteiger partial charge in [0.15, 0.2) is 6.61 Å². The van der Waals surface area contributed by atoms with E-state index in [1.807, 2.05) is 12.1 Å². The number of anilines is 1. The zero-order valence-corrected chi connectivity index (χ0v) is 18.7. The first kappa shape index (κ1) is 23.2. The quantitative estimate of drug-likeness (QED) is 0.395. The van der Waals surface area contributed by atoms with Gasteiger partial charge in [-0.3, -0.25) is 14.4 Å². The van der Waals surface area contributed by atoms with Gasteiger partial charge in [0.1, 0.15) is 6.54 Å². The fourth-order valence-corrected chi connectivity index (χ4v) is 4.38. The summed E-state index contributed by atoms with van der Waals surface area (Å²) in [6, 6.07) is 12.8. The number of H-pyrrole nitrogens is 1. The molecule has 3 aromatic rings. The number of sulfonamides is 1. The minimum absolute atomic E-state index is 0.0487. The van der Waals surface area contributed by atoms with Gasteiger partial charge in [0.25, 0.3) is 0 Å². The van der Waals surface area contributed by atoms with Crippen molar-refractivity contribution in [2.24, 2.45) is 0 Å². The van der Waals surface area contributed by atoms with Gasteiger partial charge < -0.3 is 15.0 Å². The number of ketones is 1. The maximum Gasteiger partial charge on any atom is 0.321 e. The molecule has 2 aromatic carbocycles. The third-order valence-electron chi connectivity index (χ3n) is 4.77. The molecule has 2 N–H and O–H groups in total. The highest BCUT2D eigenvalue weighted by molar-refractivity contribution is 7.89. The molecule has 168 valence electrons. The topological polar surface area (TPSA) is 126 Å². The molecule has 1 amide bonds. The summed E-state index contributed by atoms with van der Waals surface area (Å²) >= 11 is 0. The lowest BCUT2D eigenvalue weighted by Crippen LogP contribution is -2.33. The van der Waals surface area contributed by atoms with Crippen LogP contribution in [0.25, 0.3) is 10.9 Å². The zero-order chi connectivity index (χ0) is 23.5. The zero-order valence-electron chi connectivity index (χ0n) is 17.8. The molecule has 0 saturated heterocycles. The first-order chi connectivity index (χ1) is 15.1. The molecule has 0 bridgehead atoms. The van der Waals surface area contributed by atoms with E-state index >= 15 is 0 Å². The lowest BCUT2D eigenvalue weighted by molar-refractivity contribution is -0.142. The number of aryl methyl sites for hydroxylation is 1. The van der Waals surface area contributed by atoms with Gasteiger partial charge in [0.2, 0.25) is 21.7 Å². The third-order valence-corrected chi connectivity index (χ3v) is 6.59. The summed E-state index contributed by atoms with van der Waals surface area (Å²) in [5.74, 6) is -1.51. The van der Waals surface area contributed by atoms with Crippen LogP contribution < -0.4 is 5.32 Å². The van der Waals surface area contributed by atoms with Crippen molar-refractivity contribution in [2.45, 2.75) is 18.7 Å². The Hall–Kier alpha value is -3.50.